The summed E-state index contributed by atoms with van der Waals surface area (Å²) in [5, 5.41) is 2.43. The Morgan fingerprint density at radius 1 is 0.771 bits per heavy atom. The van der Waals surface area contributed by atoms with Gasteiger partial charge in [-0.1, -0.05) is 72.7 Å². The monoisotopic (exact) mass is 456 g/mol. The average Bonchev–Trinajstić information content (AvgIpc) is 3.30. The molecular formula is C30H24N4O. The molecule has 0 aliphatic rings. The van der Waals surface area contributed by atoms with Crippen molar-refractivity contribution >= 4 is 45.1 Å². The third kappa shape index (κ3) is 5.13. The first-order valence-electron chi connectivity index (χ1n) is 11.0. The van der Waals surface area contributed by atoms with Crippen molar-refractivity contribution in [2.75, 3.05) is 11.5 Å². The number of benzene rings is 4. The van der Waals surface area contributed by atoms with E-state index in [-0.39, 0.29) is 0 Å². The number of hydrogen-bond acceptors (Lipinski definition) is 4. The Kier molecular flexibility index (Phi) is 7.05. The van der Waals surface area contributed by atoms with Crippen molar-refractivity contribution in [3.63, 3.8) is 0 Å². The van der Waals surface area contributed by atoms with Gasteiger partial charge in [0, 0.05) is 22.7 Å². The van der Waals surface area contributed by atoms with Gasteiger partial charge in [-0.3, -0.25) is 9.20 Å². The van der Waals surface area contributed by atoms with Gasteiger partial charge in [-0.25, -0.2) is 4.98 Å². The van der Waals surface area contributed by atoms with E-state index in [0.29, 0.717) is 22.5 Å². The first kappa shape index (κ1) is 23.1. The summed E-state index contributed by atoms with van der Waals surface area (Å²) in [6.07, 6.45) is 7.97. The normalized spacial score (nSPS) is 10.0. The maximum atomic E-state index is 10.3. The van der Waals surface area contributed by atoms with Crippen molar-refractivity contribution in [3.8, 4) is 12.3 Å². The SMILES string of the molecule is C#Cc1ccccc1C=O.Nc1ccccc1N.c1ccc2c(c1)ccn1c3ccccc3nc21. The predicted octanol–water partition coefficient (Wildman–Crippen LogP) is 5.97. The molecule has 0 fully saturated rings. The number of aromatic nitrogens is 2. The molecule has 0 aliphatic carbocycles. The molecule has 4 N–H and O–H groups in total. The molecule has 0 atom stereocenters. The first-order valence-corrected chi connectivity index (χ1v) is 11.0. The summed E-state index contributed by atoms with van der Waals surface area (Å²) in [5.41, 5.74) is 16.5. The Bertz CT molecular complexity index is 1640. The number of imidazole rings is 1. The number of pyridine rings is 1. The van der Waals surface area contributed by atoms with Crippen LogP contribution < -0.4 is 11.5 Å². The minimum atomic E-state index is 0.574. The molecule has 0 spiro atoms. The molecule has 170 valence electrons. The number of para-hydroxylation sites is 4. The molecular weight excluding hydrogens is 432 g/mol. The first-order chi connectivity index (χ1) is 17.1. The summed E-state index contributed by atoms with van der Waals surface area (Å²) in [6.45, 7) is 0. The second-order valence-corrected chi connectivity index (χ2v) is 7.68. The van der Waals surface area contributed by atoms with Gasteiger partial charge in [0.2, 0.25) is 0 Å². The molecule has 0 unspecified atom stereocenters. The lowest BCUT2D eigenvalue weighted by atomic mass is 10.1. The van der Waals surface area contributed by atoms with Gasteiger partial charge in [0.05, 0.1) is 22.4 Å². The summed E-state index contributed by atoms with van der Waals surface area (Å²) < 4.78 is 2.15. The second-order valence-electron chi connectivity index (χ2n) is 7.68. The number of anilines is 2. The largest absolute Gasteiger partial charge is 0.397 e. The van der Waals surface area contributed by atoms with Crippen molar-refractivity contribution in [2.24, 2.45) is 0 Å². The van der Waals surface area contributed by atoms with Crippen LogP contribution in [-0.4, -0.2) is 15.7 Å². The van der Waals surface area contributed by atoms with Crippen LogP contribution in [0.4, 0.5) is 11.4 Å². The standard InChI is InChI=1S/C15H10N2.C9H6O.C6H8N2/c1-2-6-12-11(5-1)9-10-17-14-8-4-3-7-13(14)16-15(12)17;1-2-8-5-3-4-6-9(8)7-10;7-5-3-1-2-4-6(5)8/h1-10H;1,3-7H;1-4H,7-8H2. The maximum absolute atomic E-state index is 10.3. The van der Waals surface area contributed by atoms with Crippen LogP contribution in [0.15, 0.2) is 109 Å². The zero-order chi connectivity index (χ0) is 24.6. The Balaban J connectivity index is 0.000000137. The van der Waals surface area contributed by atoms with Gasteiger partial charge in [-0.15, -0.1) is 6.42 Å². The molecule has 2 aromatic heterocycles. The minimum absolute atomic E-state index is 0.574. The Hall–Kier alpha value is -5.08. The van der Waals surface area contributed by atoms with Crippen molar-refractivity contribution in [3.05, 3.63) is 120 Å². The highest BCUT2D eigenvalue weighted by Gasteiger charge is 2.06. The second kappa shape index (κ2) is 10.7. The molecule has 0 saturated heterocycles. The van der Waals surface area contributed by atoms with E-state index in [9.17, 15) is 4.79 Å². The van der Waals surface area contributed by atoms with Gasteiger partial charge in [-0.2, -0.15) is 0 Å². The van der Waals surface area contributed by atoms with Crippen LogP contribution in [0.5, 0.6) is 0 Å². The van der Waals surface area contributed by atoms with Crippen LogP contribution in [0.1, 0.15) is 15.9 Å². The van der Waals surface area contributed by atoms with E-state index in [1.54, 1.807) is 30.3 Å². The van der Waals surface area contributed by atoms with Crippen LogP contribution >= 0.6 is 0 Å². The van der Waals surface area contributed by atoms with E-state index in [1.165, 1.54) is 10.8 Å². The van der Waals surface area contributed by atoms with Gasteiger partial charge >= 0.3 is 0 Å². The molecule has 6 aromatic rings. The number of hydrogen-bond donors (Lipinski definition) is 2. The minimum Gasteiger partial charge on any atom is -0.397 e. The zero-order valence-corrected chi connectivity index (χ0v) is 19.0. The van der Waals surface area contributed by atoms with Crippen molar-refractivity contribution in [1.82, 2.24) is 9.38 Å². The molecule has 0 saturated carbocycles. The molecule has 5 nitrogen and oxygen atoms in total. The Morgan fingerprint density at radius 2 is 1.40 bits per heavy atom. The van der Waals surface area contributed by atoms with E-state index in [1.807, 2.05) is 30.3 Å². The molecule has 4 aromatic carbocycles. The third-order valence-corrected chi connectivity index (χ3v) is 5.44. The fourth-order valence-corrected chi connectivity index (χ4v) is 3.63. The topological polar surface area (TPSA) is 86.4 Å². The molecule has 0 aliphatic heterocycles. The maximum Gasteiger partial charge on any atom is 0.151 e. The molecule has 2 heterocycles. The summed E-state index contributed by atoms with van der Waals surface area (Å²) in [5.74, 6) is 2.42. The van der Waals surface area contributed by atoms with E-state index < -0.39 is 0 Å². The van der Waals surface area contributed by atoms with E-state index in [2.05, 4.69) is 59.0 Å². The van der Waals surface area contributed by atoms with E-state index in [4.69, 9.17) is 22.9 Å². The van der Waals surface area contributed by atoms with Crippen molar-refractivity contribution in [1.29, 1.82) is 0 Å². The van der Waals surface area contributed by atoms with Crippen LogP contribution in [0.3, 0.4) is 0 Å². The van der Waals surface area contributed by atoms with Crippen LogP contribution in [0.25, 0.3) is 27.5 Å². The fourth-order valence-electron chi connectivity index (χ4n) is 3.63. The number of nitrogen functional groups attached to an aromatic ring is 2. The predicted molar refractivity (Wildman–Crippen MR) is 145 cm³/mol. The number of rotatable bonds is 1. The summed E-state index contributed by atoms with van der Waals surface area (Å²) in [7, 11) is 0. The lowest BCUT2D eigenvalue weighted by molar-refractivity contribution is 0.112. The lowest BCUT2D eigenvalue weighted by Gasteiger charge is -2.00. The number of aldehydes is 1. The van der Waals surface area contributed by atoms with Gasteiger partial charge in [0.1, 0.15) is 5.65 Å². The Morgan fingerprint density at radius 3 is 2.09 bits per heavy atom. The fraction of sp³-hybridized carbons (Fsp3) is 0. The molecule has 0 amide bonds. The summed E-state index contributed by atoms with van der Waals surface area (Å²) in [4.78, 5) is 15.0. The highest BCUT2D eigenvalue weighted by molar-refractivity contribution is 5.97. The van der Waals surface area contributed by atoms with Gasteiger partial charge in [0.15, 0.2) is 6.29 Å². The lowest BCUT2D eigenvalue weighted by Crippen LogP contribution is -1.91. The quantitative estimate of drug-likeness (QED) is 0.181. The molecule has 0 radical (unpaired) electrons. The molecule has 0 bridgehead atoms. The van der Waals surface area contributed by atoms with E-state index >= 15 is 0 Å². The number of carbonyl (C=O) groups excluding carboxylic acids is 1. The molecule has 35 heavy (non-hydrogen) atoms. The number of nitrogens with zero attached hydrogens (tertiary/aromatic N) is 2. The summed E-state index contributed by atoms with van der Waals surface area (Å²) >= 11 is 0. The Labute approximate surface area is 203 Å². The number of fused-ring (bicyclic) bond motifs is 5. The van der Waals surface area contributed by atoms with Gasteiger partial charge < -0.3 is 11.5 Å². The van der Waals surface area contributed by atoms with Crippen LogP contribution in [0, 0.1) is 12.3 Å². The smallest absolute Gasteiger partial charge is 0.151 e. The highest BCUT2D eigenvalue weighted by atomic mass is 16.1. The molecule has 6 rings (SSSR count). The molecule has 5 heteroatoms. The number of carbonyl (C=O) groups is 1. The highest BCUT2D eigenvalue weighted by Crippen LogP contribution is 2.23. The zero-order valence-electron chi connectivity index (χ0n) is 19.0. The average molecular weight is 457 g/mol. The van der Waals surface area contributed by atoms with Crippen molar-refractivity contribution in [2.45, 2.75) is 0 Å². The number of terminal acetylenes is 1. The van der Waals surface area contributed by atoms with E-state index in [0.717, 1.165) is 23.0 Å². The van der Waals surface area contributed by atoms with Gasteiger partial charge in [0.25, 0.3) is 0 Å². The number of nitrogens with two attached hydrogens (primary N) is 2. The third-order valence-electron chi connectivity index (χ3n) is 5.44. The van der Waals surface area contributed by atoms with Crippen molar-refractivity contribution < 1.29 is 4.79 Å². The van der Waals surface area contributed by atoms with Gasteiger partial charge in [-0.05, 0) is 41.8 Å². The van der Waals surface area contributed by atoms with Crippen LogP contribution in [0.2, 0.25) is 0 Å². The van der Waals surface area contributed by atoms with Crippen LogP contribution in [-0.2, 0) is 0 Å². The summed E-state index contributed by atoms with van der Waals surface area (Å²) in [6, 6.07) is 33.0.